The molecule has 2 nitrogen and oxygen atoms in total. The number of rotatable bonds is 6. The zero-order chi connectivity index (χ0) is 14.4. The third-order valence-corrected chi connectivity index (χ3v) is 2.61. The van der Waals surface area contributed by atoms with Gasteiger partial charge in [0.15, 0.2) is 0 Å². The molecule has 0 aliphatic rings. The van der Waals surface area contributed by atoms with E-state index in [4.69, 9.17) is 11.6 Å². The summed E-state index contributed by atoms with van der Waals surface area (Å²) in [6.45, 7) is 3.83. The van der Waals surface area contributed by atoms with Crippen molar-refractivity contribution in [2.45, 2.75) is 33.4 Å². The van der Waals surface area contributed by atoms with Gasteiger partial charge in [0.1, 0.15) is 5.75 Å². The highest BCUT2D eigenvalue weighted by Gasteiger charge is 2.09. The Kier molecular flexibility index (Phi) is 6.25. The molecule has 0 atom stereocenters. The molecule has 0 aliphatic heterocycles. The first kappa shape index (κ1) is 15.9. The van der Waals surface area contributed by atoms with Gasteiger partial charge in [-0.25, -0.2) is 0 Å². The average Bonchev–Trinajstić information content (AvgIpc) is 2.29. The highest BCUT2D eigenvalue weighted by Crippen LogP contribution is 2.26. The van der Waals surface area contributed by atoms with E-state index in [9.17, 15) is 8.78 Å². The fraction of sp³-hybridized carbons (Fsp3) is 0.429. The third kappa shape index (κ3) is 6.03. The molecule has 5 heteroatoms. The average molecular weight is 290 g/mol. The maximum atomic E-state index is 12.3. The molecule has 1 aromatic rings. The van der Waals surface area contributed by atoms with E-state index in [1.807, 2.05) is 20.8 Å². The Morgan fingerprint density at radius 1 is 1.42 bits per heavy atom. The summed E-state index contributed by atoms with van der Waals surface area (Å²) in [6.07, 6.45) is 1.79. The second-order valence-electron chi connectivity index (χ2n) is 4.59. The van der Waals surface area contributed by atoms with Gasteiger partial charge in [0.25, 0.3) is 0 Å². The summed E-state index contributed by atoms with van der Waals surface area (Å²) in [5.41, 5.74) is 1.56. The van der Waals surface area contributed by atoms with Crippen LogP contribution >= 0.6 is 11.6 Å². The minimum absolute atomic E-state index is 0.128. The van der Waals surface area contributed by atoms with Gasteiger partial charge >= 0.3 is 6.61 Å². The molecule has 0 unspecified atom stereocenters. The van der Waals surface area contributed by atoms with Crippen LogP contribution in [0.5, 0.6) is 5.75 Å². The highest BCUT2D eigenvalue weighted by molar-refractivity contribution is 6.30. The van der Waals surface area contributed by atoms with Gasteiger partial charge in [0, 0.05) is 23.2 Å². The fourth-order valence-corrected chi connectivity index (χ4v) is 1.70. The molecule has 0 amide bonds. The number of benzene rings is 1. The van der Waals surface area contributed by atoms with Gasteiger partial charge in [-0.05, 0) is 25.1 Å². The van der Waals surface area contributed by atoms with E-state index >= 15 is 0 Å². The smallest absolute Gasteiger partial charge is 0.387 e. The number of hydrogen-bond acceptors (Lipinski definition) is 2. The molecule has 19 heavy (non-hydrogen) atoms. The van der Waals surface area contributed by atoms with Crippen molar-refractivity contribution >= 4 is 17.7 Å². The summed E-state index contributed by atoms with van der Waals surface area (Å²) in [4.78, 5) is 0. The molecule has 0 bridgehead atoms. The van der Waals surface area contributed by atoms with Crippen molar-refractivity contribution in [3.63, 3.8) is 0 Å². The second kappa shape index (κ2) is 7.46. The third-order valence-electron chi connectivity index (χ3n) is 2.38. The molecule has 1 N–H and O–H groups in total. The van der Waals surface area contributed by atoms with Crippen LogP contribution in [0.25, 0.3) is 6.08 Å². The summed E-state index contributed by atoms with van der Waals surface area (Å²) in [5, 5.41) is 3.73. The molecular formula is C14H18ClF2NO. The van der Waals surface area contributed by atoms with Gasteiger partial charge in [-0.1, -0.05) is 37.1 Å². The monoisotopic (exact) mass is 289 g/mol. The van der Waals surface area contributed by atoms with E-state index in [-0.39, 0.29) is 5.75 Å². The Morgan fingerprint density at radius 2 is 2.11 bits per heavy atom. The minimum Gasteiger partial charge on any atom is -0.434 e. The SMILES string of the molecule is CC(=Cc1cc(Cl)ccc1OC(F)F)CNC(C)C. The molecule has 0 spiro atoms. The van der Waals surface area contributed by atoms with Gasteiger partial charge in [-0.15, -0.1) is 0 Å². The van der Waals surface area contributed by atoms with Crippen LogP contribution in [-0.2, 0) is 0 Å². The van der Waals surface area contributed by atoms with E-state index in [0.717, 1.165) is 5.57 Å². The largest absolute Gasteiger partial charge is 0.434 e. The first-order valence-corrected chi connectivity index (χ1v) is 6.41. The van der Waals surface area contributed by atoms with Crippen molar-refractivity contribution in [3.05, 3.63) is 34.4 Å². The van der Waals surface area contributed by atoms with Crippen molar-refractivity contribution in [3.8, 4) is 5.75 Å². The molecule has 0 aliphatic carbocycles. The van der Waals surface area contributed by atoms with Crippen LogP contribution in [0.4, 0.5) is 8.78 Å². The van der Waals surface area contributed by atoms with Gasteiger partial charge in [-0.2, -0.15) is 8.78 Å². The molecule has 0 heterocycles. The minimum atomic E-state index is -2.84. The lowest BCUT2D eigenvalue weighted by atomic mass is 10.1. The van der Waals surface area contributed by atoms with E-state index in [1.165, 1.54) is 12.1 Å². The Labute approximate surface area is 117 Å². The number of halogens is 3. The van der Waals surface area contributed by atoms with E-state index in [2.05, 4.69) is 10.1 Å². The first-order chi connectivity index (χ1) is 8.88. The number of alkyl halides is 2. The predicted octanol–water partition coefficient (Wildman–Crippen LogP) is 4.34. The molecule has 1 rings (SSSR count). The van der Waals surface area contributed by atoms with Crippen LogP contribution in [0.1, 0.15) is 26.3 Å². The van der Waals surface area contributed by atoms with Crippen molar-refractivity contribution in [1.29, 1.82) is 0 Å². The molecule has 0 radical (unpaired) electrons. The summed E-state index contributed by atoms with van der Waals surface area (Å²) in [7, 11) is 0. The number of ether oxygens (including phenoxy) is 1. The molecule has 0 saturated carbocycles. The maximum absolute atomic E-state index is 12.3. The zero-order valence-electron chi connectivity index (χ0n) is 11.2. The van der Waals surface area contributed by atoms with Crippen molar-refractivity contribution < 1.29 is 13.5 Å². The van der Waals surface area contributed by atoms with E-state index in [0.29, 0.717) is 23.2 Å². The van der Waals surface area contributed by atoms with Gasteiger partial charge in [0.2, 0.25) is 0 Å². The van der Waals surface area contributed by atoms with Crippen LogP contribution in [0.2, 0.25) is 5.02 Å². The number of nitrogens with one attached hydrogen (secondary N) is 1. The van der Waals surface area contributed by atoms with Crippen molar-refractivity contribution in [1.82, 2.24) is 5.32 Å². The quantitative estimate of drug-likeness (QED) is 0.841. The van der Waals surface area contributed by atoms with Crippen LogP contribution in [0.15, 0.2) is 23.8 Å². The zero-order valence-corrected chi connectivity index (χ0v) is 12.0. The Hall–Kier alpha value is -1.13. The Bertz CT molecular complexity index is 447. The van der Waals surface area contributed by atoms with E-state index in [1.54, 1.807) is 12.1 Å². The lowest BCUT2D eigenvalue weighted by Crippen LogP contribution is -2.24. The van der Waals surface area contributed by atoms with Gasteiger partial charge < -0.3 is 10.1 Å². The Balaban J connectivity index is 2.90. The normalized spacial score (nSPS) is 12.3. The second-order valence-corrected chi connectivity index (χ2v) is 5.02. The molecule has 106 valence electrons. The molecule has 0 fully saturated rings. The lowest BCUT2D eigenvalue weighted by molar-refractivity contribution is -0.0499. The molecule has 0 saturated heterocycles. The van der Waals surface area contributed by atoms with Crippen LogP contribution in [-0.4, -0.2) is 19.2 Å². The summed E-state index contributed by atoms with van der Waals surface area (Å²) in [5.74, 6) is 0.128. The van der Waals surface area contributed by atoms with Gasteiger partial charge in [-0.3, -0.25) is 0 Å². The molecule has 1 aromatic carbocycles. The van der Waals surface area contributed by atoms with Crippen LogP contribution in [0, 0.1) is 0 Å². The topological polar surface area (TPSA) is 21.3 Å². The summed E-state index contributed by atoms with van der Waals surface area (Å²) >= 11 is 5.88. The fourth-order valence-electron chi connectivity index (χ4n) is 1.52. The number of hydrogen-bond donors (Lipinski definition) is 1. The Morgan fingerprint density at radius 3 is 2.68 bits per heavy atom. The molecular weight excluding hydrogens is 272 g/mol. The highest BCUT2D eigenvalue weighted by atomic mass is 35.5. The van der Waals surface area contributed by atoms with Crippen molar-refractivity contribution in [2.24, 2.45) is 0 Å². The summed E-state index contributed by atoms with van der Waals surface area (Å²) in [6, 6.07) is 4.94. The predicted molar refractivity (Wildman–Crippen MR) is 74.9 cm³/mol. The first-order valence-electron chi connectivity index (χ1n) is 6.03. The lowest BCUT2D eigenvalue weighted by Gasteiger charge is -2.11. The standard InChI is InChI=1S/C14H18ClF2NO/c1-9(2)18-8-10(3)6-11-7-12(15)4-5-13(11)19-14(16)17/h4-7,9,14,18H,8H2,1-3H3. The van der Waals surface area contributed by atoms with Crippen molar-refractivity contribution in [2.75, 3.05) is 6.54 Å². The summed E-state index contributed by atoms with van der Waals surface area (Å²) < 4.78 is 29.1. The van der Waals surface area contributed by atoms with E-state index < -0.39 is 6.61 Å². The van der Waals surface area contributed by atoms with Crippen LogP contribution < -0.4 is 10.1 Å². The van der Waals surface area contributed by atoms with Crippen LogP contribution in [0.3, 0.4) is 0 Å². The van der Waals surface area contributed by atoms with Gasteiger partial charge in [0.05, 0.1) is 0 Å². The molecule has 0 aromatic heterocycles. The maximum Gasteiger partial charge on any atom is 0.387 e.